The van der Waals surface area contributed by atoms with Crippen LogP contribution in [0.2, 0.25) is 0 Å². The fourth-order valence-electron chi connectivity index (χ4n) is 4.47. The molecule has 3 amide bonds. The highest BCUT2D eigenvalue weighted by atomic mass is 16.2. The van der Waals surface area contributed by atoms with Gasteiger partial charge in [0.25, 0.3) is 5.91 Å². The molecule has 0 aromatic heterocycles. The van der Waals surface area contributed by atoms with Crippen molar-refractivity contribution in [3.8, 4) is 0 Å². The van der Waals surface area contributed by atoms with Crippen molar-refractivity contribution in [2.75, 3.05) is 31.2 Å². The third kappa shape index (κ3) is 4.60. The molecule has 2 heterocycles. The summed E-state index contributed by atoms with van der Waals surface area (Å²) in [5, 5.41) is 2.87. The Morgan fingerprint density at radius 2 is 1.70 bits per heavy atom. The van der Waals surface area contributed by atoms with Crippen LogP contribution in [0.25, 0.3) is 0 Å². The van der Waals surface area contributed by atoms with Gasteiger partial charge in [0, 0.05) is 31.2 Å². The van der Waals surface area contributed by atoms with E-state index in [9.17, 15) is 14.4 Å². The van der Waals surface area contributed by atoms with Gasteiger partial charge in [-0.15, -0.1) is 0 Å². The zero-order chi connectivity index (χ0) is 21.9. The second-order valence-corrected chi connectivity index (χ2v) is 9.14. The zero-order valence-electron chi connectivity index (χ0n) is 18.6. The number of hydrogen-bond donors (Lipinski definition) is 1. The van der Waals surface area contributed by atoms with Crippen LogP contribution in [0.4, 0.5) is 5.69 Å². The maximum Gasteiger partial charge on any atom is 0.250 e. The van der Waals surface area contributed by atoms with Crippen molar-refractivity contribution in [1.82, 2.24) is 15.1 Å². The van der Waals surface area contributed by atoms with E-state index in [-0.39, 0.29) is 30.3 Å². The Bertz CT molecular complexity index is 770. The summed E-state index contributed by atoms with van der Waals surface area (Å²) >= 11 is 0. The van der Waals surface area contributed by atoms with Crippen molar-refractivity contribution in [3.63, 3.8) is 0 Å². The molecule has 7 nitrogen and oxygen atoms in total. The molecule has 2 aliphatic rings. The molecule has 1 spiro atoms. The number of likely N-dealkylation sites (tertiary alicyclic amines) is 1. The molecule has 0 aliphatic carbocycles. The van der Waals surface area contributed by atoms with Crippen LogP contribution >= 0.6 is 0 Å². The molecule has 0 radical (unpaired) electrons. The number of piperidine rings is 1. The lowest BCUT2D eigenvalue weighted by Gasteiger charge is -2.43. The number of hydrogen-bond acceptors (Lipinski definition) is 4. The first kappa shape index (κ1) is 22.1. The molecule has 1 aromatic carbocycles. The number of para-hydroxylation sites is 1. The summed E-state index contributed by atoms with van der Waals surface area (Å²) in [4.78, 5) is 44.1. The molecule has 30 heavy (non-hydrogen) atoms. The predicted molar refractivity (Wildman–Crippen MR) is 117 cm³/mol. The summed E-state index contributed by atoms with van der Waals surface area (Å²) in [5.41, 5.74) is 0.272. The molecule has 0 atom stereocenters. The highest BCUT2D eigenvalue weighted by Crippen LogP contribution is 2.39. The van der Waals surface area contributed by atoms with E-state index in [4.69, 9.17) is 0 Å². The second-order valence-electron chi connectivity index (χ2n) is 9.14. The zero-order valence-corrected chi connectivity index (χ0v) is 18.6. The lowest BCUT2D eigenvalue weighted by Crippen LogP contribution is -2.57. The molecular formula is C23H34N4O3. The molecule has 0 saturated carbocycles. The summed E-state index contributed by atoms with van der Waals surface area (Å²) in [6.45, 7) is 9.46. The first-order chi connectivity index (χ1) is 14.2. The standard InChI is InChI=1S/C23H34N4O3/c1-17(2)14-21(29)25-12-10-23(11-13-25)22(30)26(15-20(28)24-18(3)4)16-27(23)19-8-6-5-7-9-19/h5-9,17-18H,10-16H2,1-4H3,(H,24,28). The van der Waals surface area contributed by atoms with E-state index in [1.54, 1.807) is 4.90 Å². The monoisotopic (exact) mass is 414 g/mol. The fourth-order valence-corrected chi connectivity index (χ4v) is 4.47. The summed E-state index contributed by atoms with van der Waals surface area (Å²) in [7, 11) is 0. The van der Waals surface area contributed by atoms with E-state index >= 15 is 0 Å². The number of amides is 3. The first-order valence-corrected chi connectivity index (χ1v) is 10.9. The number of anilines is 1. The third-order valence-corrected chi connectivity index (χ3v) is 5.89. The van der Waals surface area contributed by atoms with Crippen LogP contribution in [0.5, 0.6) is 0 Å². The van der Waals surface area contributed by atoms with Crippen molar-refractivity contribution in [3.05, 3.63) is 30.3 Å². The molecule has 1 N–H and O–H groups in total. The van der Waals surface area contributed by atoms with Crippen LogP contribution in [-0.2, 0) is 14.4 Å². The minimum absolute atomic E-state index is 0.0128. The van der Waals surface area contributed by atoms with Crippen molar-refractivity contribution >= 4 is 23.4 Å². The average molecular weight is 415 g/mol. The van der Waals surface area contributed by atoms with Gasteiger partial charge in [-0.05, 0) is 44.7 Å². The van der Waals surface area contributed by atoms with Crippen molar-refractivity contribution in [2.45, 2.75) is 58.5 Å². The molecule has 7 heteroatoms. The van der Waals surface area contributed by atoms with E-state index in [0.717, 1.165) is 5.69 Å². The van der Waals surface area contributed by atoms with E-state index in [2.05, 4.69) is 10.2 Å². The summed E-state index contributed by atoms with van der Waals surface area (Å²) < 4.78 is 0. The van der Waals surface area contributed by atoms with Crippen LogP contribution in [0.1, 0.15) is 47.0 Å². The van der Waals surface area contributed by atoms with Gasteiger partial charge in [-0.1, -0.05) is 32.0 Å². The first-order valence-electron chi connectivity index (χ1n) is 10.9. The minimum atomic E-state index is -0.700. The van der Waals surface area contributed by atoms with Gasteiger partial charge in [0.2, 0.25) is 11.8 Å². The molecule has 3 rings (SSSR count). The van der Waals surface area contributed by atoms with Gasteiger partial charge in [-0.25, -0.2) is 0 Å². The number of rotatable bonds is 6. The molecule has 0 bridgehead atoms. The predicted octanol–water partition coefficient (Wildman–Crippen LogP) is 2.22. The normalized spacial score (nSPS) is 18.6. The van der Waals surface area contributed by atoms with Crippen molar-refractivity contribution in [2.24, 2.45) is 5.92 Å². The van der Waals surface area contributed by atoms with Gasteiger partial charge in [-0.2, -0.15) is 0 Å². The van der Waals surface area contributed by atoms with Gasteiger partial charge >= 0.3 is 0 Å². The van der Waals surface area contributed by atoms with Crippen molar-refractivity contribution < 1.29 is 14.4 Å². The molecular weight excluding hydrogens is 380 g/mol. The van der Waals surface area contributed by atoms with Gasteiger partial charge in [0.05, 0.1) is 6.67 Å². The topological polar surface area (TPSA) is 73.0 Å². The maximum absolute atomic E-state index is 13.5. The molecule has 0 unspecified atom stereocenters. The van der Waals surface area contributed by atoms with E-state index in [0.29, 0.717) is 44.9 Å². The van der Waals surface area contributed by atoms with Gasteiger partial charge in [-0.3, -0.25) is 14.4 Å². The molecule has 2 aliphatic heterocycles. The quantitative estimate of drug-likeness (QED) is 0.775. The fraction of sp³-hybridized carbons (Fsp3) is 0.609. The van der Waals surface area contributed by atoms with E-state index in [1.807, 2.05) is 62.9 Å². The summed E-state index contributed by atoms with van der Waals surface area (Å²) in [6.07, 6.45) is 1.69. The highest BCUT2D eigenvalue weighted by molar-refractivity contribution is 5.96. The van der Waals surface area contributed by atoms with Gasteiger partial charge in [0.1, 0.15) is 12.1 Å². The van der Waals surface area contributed by atoms with Crippen LogP contribution in [-0.4, -0.2) is 65.4 Å². The second kappa shape index (κ2) is 9.06. The van der Waals surface area contributed by atoms with Gasteiger partial charge in [0.15, 0.2) is 0 Å². The third-order valence-electron chi connectivity index (χ3n) is 5.89. The molecule has 2 fully saturated rings. The Balaban J connectivity index is 1.80. The van der Waals surface area contributed by atoms with E-state index < -0.39 is 5.54 Å². The Morgan fingerprint density at radius 3 is 2.27 bits per heavy atom. The number of carbonyl (C=O) groups is 3. The minimum Gasteiger partial charge on any atom is -0.352 e. The molecule has 1 aromatic rings. The number of nitrogens with zero attached hydrogens (tertiary/aromatic N) is 3. The van der Waals surface area contributed by atoms with Crippen molar-refractivity contribution in [1.29, 1.82) is 0 Å². The van der Waals surface area contributed by atoms with Gasteiger partial charge < -0.3 is 20.0 Å². The molecule has 2 saturated heterocycles. The average Bonchev–Trinajstić information content (AvgIpc) is 2.94. The summed E-state index contributed by atoms with van der Waals surface area (Å²) in [5.74, 6) is 0.316. The Hall–Kier alpha value is -2.57. The summed E-state index contributed by atoms with van der Waals surface area (Å²) in [6, 6.07) is 9.91. The Morgan fingerprint density at radius 1 is 1.07 bits per heavy atom. The number of nitrogens with one attached hydrogen (secondary N) is 1. The number of benzene rings is 1. The lowest BCUT2D eigenvalue weighted by atomic mass is 9.85. The highest BCUT2D eigenvalue weighted by Gasteiger charge is 2.54. The Labute approximate surface area is 179 Å². The number of carbonyl (C=O) groups excluding carboxylic acids is 3. The lowest BCUT2D eigenvalue weighted by molar-refractivity contribution is -0.140. The van der Waals surface area contributed by atoms with Crippen LogP contribution in [0.15, 0.2) is 30.3 Å². The molecule has 164 valence electrons. The SMILES string of the molecule is CC(C)CC(=O)N1CCC2(CC1)C(=O)N(CC(=O)NC(C)C)CN2c1ccccc1. The smallest absolute Gasteiger partial charge is 0.250 e. The van der Waals surface area contributed by atoms with Crippen LogP contribution in [0.3, 0.4) is 0 Å². The largest absolute Gasteiger partial charge is 0.352 e. The Kier molecular flexibility index (Phi) is 6.68. The maximum atomic E-state index is 13.5. The van der Waals surface area contributed by atoms with Crippen LogP contribution < -0.4 is 10.2 Å². The van der Waals surface area contributed by atoms with E-state index in [1.165, 1.54) is 0 Å². The van der Waals surface area contributed by atoms with Crippen LogP contribution in [0, 0.1) is 5.92 Å².